The molecular weight excluding hydrogens is 501 g/mol. The van der Waals surface area contributed by atoms with Gasteiger partial charge in [0, 0.05) is 43.7 Å². The van der Waals surface area contributed by atoms with Gasteiger partial charge in [0.1, 0.15) is 11.6 Å². The molecule has 1 amide bonds. The Labute approximate surface area is 193 Å². The summed E-state index contributed by atoms with van der Waals surface area (Å²) in [6, 6.07) is 0. The summed E-state index contributed by atoms with van der Waals surface area (Å²) in [6.45, 7) is 11.4. The molecule has 1 aliphatic rings. The molecule has 3 heterocycles. The summed E-state index contributed by atoms with van der Waals surface area (Å²) < 4.78 is 1.71. The molecule has 8 nitrogen and oxygen atoms in total. The van der Waals surface area contributed by atoms with Gasteiger partial charge in [-0.2, -0.15) is 5.10 Å². The highest BCUT2D eigenvalue weighted by atomic mass is 127. The van der Waals surface area contributed by atoms with Crippen molar-refractivity contribution in [3.8, 4) is 0 Å². The Balaban J connectivity index is 0.00000300. The van der Waals surface area contributed by atoms with Gasteiger partial charge < -0.3 is 15.1 Å². The van der Waals surface area contributed by atoms with Crippen LogP contribution in [0.4, 0.5) is 5.69 Å². The summed E-state index contributed by atoms with van der Waals surface area (Å²) >= 11 is 1.63. The molecule has 0 aliphatic carbocycles. The van der Waals surface area contributed by atoms with Gasteiger partial charge in [-0.1, -0.05) is 20.8 Å². The fourth-order valence-electron chi connectivity index (χ4n) is 2.97. The Bertz CT molecular complexity index is 855. The second kappa shape index (κ2) is 9.88. The minimum absolute atomic E-state index is 0. The van der Waals surface area contributed by atoms with Gasteiger partial charge in [-0.25, -0.2) is 9.98 Å². The second-order valence-electron chi connectivity index (χ2n) is 7.89. The number of hydrogen-bond donors (Lipinski definition) is 1. The normalized spacial score (nSPS) is 15.5. The van der Waals surface area contributed by atoms with E-state index in [1.807, 2.05) is 25.1 Å². The predicted molar refractivity (Wildman–Crippen MR) is 128 cm³/mol. The van der Waals surface area contributed by atoms with Crippen LogP contribution in [0.1, 0.15) is 38.4 Å². The van der Waals surface area contributed by atoms with Crippen molar-refractivity contribution >= 4 is 52.9 Å². The molecule has 3 rings (SSSR count). The molecular formula is C19H30IN7OS. The molecule has 0 bridgehead atoms. The number of hydrogen-bond acceptors (Lipinski definition) is 5. The standard InChI is InChI=1S/C19H29N7OS.HI/c1-6-20-18(21-10-16-23-15(13-28-16)19(2,3)4)25-7-8-26(17(27)12-25)14-9-22-24(5)11-14;/h9,11,13H,6-8,10,12H2,1-5H3,(H,20,21);1H. The lowest BCUT2D eigenvalue weighted by Gasteiger charge is -2.35. The van der Waals surface area contributed by atoms with E-state index in [1.54, 1.807) is 27.1 Å². The number of amides is 1. The summed E-state index contributed by atoms with van der Waals surface area (Å²) in [7, 11) is 1.85. The Morgan fingerprint density at radius 3 is 2.66 bits per heavy atom. The van der Waals surface area contributed by atoms with E-state index in [0.29, 0.717) is 19.6 Å². The molecule has 0 atom stereocenters. The number of carbonyl (C=O) groups excluding carboxylic acids is 1. The van der Waals surface area contributed by atoms with Gasteiger partial charge in [0.2, 0.25) is 5.91 Å². The van der Waals surface area contributed by atoms with Crippen LogP contribution in [0.3, 0.4) is 0 Å². The van der Waals surface area contributed by atoms with Gasteiger partial charge in [-0.3, -0.25) is 9.48 Å². The maximum absolute atomic E-state index is 12.7. The zero-order valence-corrected chi connectivity index (χ0v) is 20.8. The van der Waals surface area contributed by atoms with Gasteiger partial charge >= 0.3 is 0 Å². The lowest BCUT2D eigenvalue weighted by molar-refractivity contribution is -0.120. The summed E-state index contributed by atoms with van der Waals surface area (Å²) in [4.78, 5) is 25.9. The van der Waals surface area contributed by atoms with Crippen LogP contribution in [0.15, 0.2) is 22.8 Å². The van der Waals surface area contributed by atoms with Crippen molar-refractivity contribution in [2.75, 3.05) is 31.1 Å². The molecule has 1 saturated heterocycles. The van der Waals surface area contributed by atoms with E-state index in [2.05, 4.69) is 36.6 Å². The SMILES string of the molecule is CCNC(=NCc1nc(C(C)(C)C)cs1)N1CCN(c2cnn(C)c2)C(=O)C1.I. The molecule has 0 spiro atoms. The van der Waals surface area contributed by atoms with Crippen molar-refractivity contribution in [3.05, 3.63) is 28.5 Å². The van der Waals surface area contributed by atoms with Crippen molar-refractivity contribution in [1.29, 1.82) is 0 Å². The molecule has 0 saturated carbocycles. The minimum atomic E-state index is 0. The first-order chi connectivity index (χ1) is 13.3. The maximum Gasteiger partial charge on any atom is 0.246 e. The summed E-state index contributed by atoms with van der Waals surface area (Å²) in [5.41, 5.74) is 1.97. The third-order valence-electron chi connectivity index (χ3n) is 4.54. The largest absolute Gasteiger partial charge is 0.356 e. The smallest absolute Gasteiger partial charge is 0.246 e. The van der Waals surface area contributed by atoms with Crippen molar-refractivity contribution in [3.63, 3.8) is 0 Å². The Hall–Kier alpha value is -1.69. The third-order valence-corrected chi connectivity index (χ3v) is 5.38. The molecule has 160 valence electrons. The fourth-order valence-corrected chi connectivity index (χ4v) is 3.92. The van der Waals surface area contributed by atoms with Crippen LogP contribution in [0.5, 0.6) is 0 Å². The number of nitrogens with one attached hydrogen (secondary N) is 1. The molecule has 2 aromatic rings. The number of guanidine groups is 1. The highest BCUT2D eigenvalue weighted by Gasteiger charge is 2.27. The van der Waals surface area contributed by atoms with Crippen molar-refractivity contribution in [2.24, 2.45) is 12.0 Å². The van der Waals surface area contributed by atoms with Crippen LogP contribution in [-0.4, -0.2) is 57.7 Å². The molecule has 1 aliphatic heterocycles. The first-order valence-corrected chi connectivity index (χ1v) is 10.4. The van der Waals surface area contributed by atoms with Crippen LogP contribution in [0.2, 0.25) is 0 Å². The fraction of sp³-hybridized carbons (Fsp3) is 0.579. The van der Waals surface area contributed by atoms with Crippen LogP contribution in [0.25, 0.3) is 0 Å². The number of rotatable bonds is 4. The first kappa shape index (κ1) is 23.6. The molecule has 10 heteroatoms. The van der Waals surface area contributed by atoms with Crippen LogP contribution in [-0.2, 0) is 23.8 Å². The van der Waals surface area contributed by atoms with Gasteiger partial charge in [0.15, 0.2) is 5.96 Å². The lowest BCUT2D eigenvalue weighted by atomic mass is 9.93. The minimum Gasteiger partial charge on any atom is -0.356 e. The van der Waals surface area contributed by atoms with E-state index in [-0.39, 0.29) is 35.3 Å². The molecule has 0 radical (unpaired) electrons. The van der Waals surface area contributed by atoms with E-state index in [4.69, 9.17) is 9.98 Å². The number of carbonyl (C=O) groups is 1. The highest BCUT2D eigenvalue weighted by molar-refractivity contribution is 14.0. The quantitative estimate of drug-likeness (QED) is 0.373. The number of aliphatic imine (C=N–C) groups is 1. The monoisotopic (exact) mass is 531 g/mol. The number of anilines is 1. The van der Waals surface area contributed by atoms with Gasteiger partial charge in [0.25, 0.3) is 0 Å². The topological polar surface area (TPSA) is 78.7 Å². The number of piperazine rings is 1. The van der Waals surface area contributed by atoms with Gasteiger partial charge in [-0.05, 0) is 6.92 Å². The van der Waals surface area contributed by atoms with Crippen molar-refractivity contribution in [1.82, 2.24) is 25.0 Å². The first-order valence-electron chi connectivity index (χ1n) is 9.55. The molecule has 29 heavy (non-hydrogen) atoms. The Morgan fingerprint density at radius 1 is 1.34 bits per heavy atom. The Morgan fingerprint density at radius 2 is 2.10 bits per heavy atom. The van der Waals surface area contributed by atoms with Crippen LogP contribution < -0.4 is 10.2 Å². The molecule has 1 N–H and O–H groups in total. The molecule has 0 unspecified atom stereocenters. The predicted octanol–water partition coefficient (Wildman–Crippen LogP) is 2.61. The highest BCUT2D eigenvalue weighted by Crippen LogP contribution is 2.24. The average molecular weight is 531 g/mol. The molecule has 0 aromatic carbocycles. The second-order valence-corrected chi connectivity index (χ2v) is 8.83. The zero-order chi connectivity index (χ0) is 20.3. The van der Waals surface area contributed by atoms with E-state index in [1.165, 1.54) is 0 Å². The number of nitrogens with zero attached hydrogens (tertiary/aromatic N) is 6. The van der Waals surface area contributed by atoms with E-state index in [0.717, 1.165) is 35.4 Å². The van der Waals surface area contributed by atoms with Crippen molar-refractivity contribution < 1.29 is 4.79 Å². The maximum atomic E-state index is 12.7. The van der Waals surface area contributed by atoms with Crippen LogP contribution >= 0.6 is 35.3 Å². The zero-order valence-electron chi connectivity index (χ0n) is 17.7. The van der Waals surface area contributed by atoms with Gasteiger partial charge in [-0.15, -0.1) is 35.3 Å². The van der Waals surface area contributed by atoms with Gasteiger partial charge in [0.05, 0.1) is 24.1 Å². The molecule has 1 fully saturated rings. The number of halogens is 1. The van der Waals surface area contributed by atoms with E-state index < -0.39 is 0 Å². The third kappa shape index (κ3) is 5.91. The summed E-state index contributed by atoms with van der Waals surface area (Å²) in [6.07, 6.45) is 3.59. The molecule has 2 aromatic heterocycles. The number of thiazole rings is 1. The average Bonchev–Trinajstić information content (AvgIpc) is 3.27. The summed E-state index contributed by atoms with van der Waals surface area (Å²) in [5.74, 6) is 0.809. The summed E-state index contributed by atoms with van der Waals surface area (Å²) in [5, 5.41) is 10.6. The van der Waals surface area contributed by atoms with Crippen LogP contribution in [0, 0.1) is 0 Å². The Kier molecular flexibility index (Phi) is 8.03. The number of aryl methyl sites for hydroxylation is 1. The number of aromatic nitrogens is 3. The van der Waals surface area contributed by atoms with E-state index in [9.17, 15) is 4.79 Å². The van der Waals surface area contributed by atoms with Crippen molar-refractivity contribution in [2.45, 2.75) is 39.7 Å². The van der Waals surface area contributed by atoms with E-state index >= 15 is 0 Å². The lowest BCUT2D eigenvalue weighted by Crippen LogP contribution is -2.55.